The summed E-state index contributed by atoms with van der Waals surface area (Å²) in [6.45, 7) is 8.49. The molecule has 1 saturated heterocycles. The molecule has 1 heterocycles. The van der Waals surface area contributed by atoms with Gasteiger partial charge in [0.25, 0.3) is 0 Å². The fourth-order valence-electron chi connectivity index (χ4n) is 1.88. The maximum Gasteiger partial charge on any atom is 0.461 e. The van der Waals surface area contributed by atoms with Crippen molar-refractivity contribution in [2.75, 3.05) is 6.61 Å². The molecule has 0 aromatic rings. The second-order valence-electron chi connectivity index (χ2n) is 5.47. The highest BCUT2D eigenvalue weighted by atomic mass is 16.7. The van der Waals surface area contributed by atoms with E-state index in [4.69, 9.17) is 14.4 Å². The summed E-state index contributed by atoms with van der Waals surface area (Å²) >= 11 is 0. The van der Waals surface area contributed by atoms with E-state index >= 15 is 0 Å². The Hall–Kier alpha value is -0.0551. The molecule has 0 bridgehead atoms. The molecule has 3 nitrogen and oxygen atoms in total. The molecule has 14 heavy (non-hydrogen) atoms. The smallest absolute Gasteiger partial charge is 0.403 e. The molecule has 1 saturated carbocycles. The number of rotatable bonds is 2. The van der Waals surface area contributed by atoms with Gasteiger partial charge >= 0.3 is 7.12 Å². The van der Waals surface area contributed by atoms with Gasteiger partial charge in [-0.3, -0.25) is 0 Å². The summed E-state index contributed by atoms with van der Waals surface area (Å²) in [6, 6.07) is 0. The van der Waals surface area contributed by atoms with Crippen LogP contribution in [-0.4, -0.2) is 30.0 Å². The zero-order valence-electron chi connectivity index (χ0n) is 9.41. The molecule has 2 rings (SSSR count). The number of hydrogen-bond acceptors (Lipinski definition) is 3. The van der Waals surface area contributed by atoms with Crippen molar-refractivity contribution in [2.24, 2.45) is 5.92 Å². The van der Waals surface area contributed by atoms with Crippen molar-refractivity contribution in [2.45, 2.75) is 51.1 Å². The van der Waals surface area contributed by atoms with Crippen molar-refractivity contribution in [3.05, 3.63) is 0 Å². The van der Waals surface area contributed by atoms with Crippen LogP contribution in [0.4, 0.5) is 0 Å². The Labute approximate surface area is 85.9 Å². The van der Waals surface area contributed by atoms with Gasteiger partial charge in [0.05, 0.1) is 11.2 Å². The van der Waals surface area contributed by atoms with Crippen LogP contribution in [0, 0.1) is 5.92 Å². The molecule has 2 fully saturated rings. The van der Waals surface area contributed by atoms with Crippen LogP contribution in [0.3, 0.4) is 0 Å². The van der Waals surface area contributed by atoms with Crippen molar-refractivity contribution in [3.63, 3.8) is 0 Å². The van der Waals surface area contributed by atoms with Gasteiger partial charge < -0.3 is 14.4 Å². The van der Waals surface area contributed by atoms with Crippen molar-refractivity contribution >= 4 is 7.12 Å². The summed E-state index contributed by atoms with van der Waals surface area (Å²) in [6.07, 6.45) is 1.04. The van der Waals surface area contributed by atoms with Gasteiger partial charge in [0.1, 0.15) is 0 Å². The Bertz CT molecular complexity index is 224. The van der Waals surface area contributed by atoms with E-state index in [1.165, 1.54) is 0 Å². The van der Waals surface area contributed by atoms with Crippen LogP contribution < -0.4 is 0 Å². The van der Waals surface area contributed by atoms with Gasteiger partial charge in [0.2, 0.25) is 0 Å². The molecule has 1 N–H and O–H groups in total. The van der Waals surface area contributed by atoms with Gasteiger partial charge in [-0.05, 0) is 45.9 Å². The van der Waals surface area contributed by atoms with E-state index in [0.29, 0.717) is 11.7 Å². The molecule has 2 aliphatic rings. The molecule has 0 aromatic heterocycles. The van der Waals surface area contributed by atoms with Crippen LogP contribution in [0.15, 0.2) is 0 Å². The third-order valence-corrected chi connectivity index (χ3v) is 3.83. The zero-order valence-corrected chi connectivity index (χ0v) is 9.41. The van der Waals surface area contributed by atoms with Gasteiger partial charge in [0.15, 0.2) is 0 Å². The van der Waals surface area contributed by atoms with Crippen molar-refractivity contribution in [3.8, 4) is 0 Å². The Balaban J connectivity index is 2.01. The van der Waals surface area contributed by atoms with Crippen molar-refractivity contribution in [1.29, 1.82) is 0 Å². The first kappa shape index (κ1) is 10.5. The van der Waals surface area contributed by atoms with Crippen LogP contribution in [0.5, 0.6) is 0 Å². The molecule has 0 spiro atoms. The second-order valence-corrected chi connectivity index (χ2v) is 5.47. The SMILES string of the molecule is CC1(C)OB([C@H]2C[C@@H]2CO)OC1(C)C. The Morgan fingerprint density at radius 2 is 1.71 bits per heavy atom. The second kappa shape index (κ2) is 2.97. The largest absolute Gasteiger partial charge is 0.461 e. The van der Waals surface area contributed by atoms with E-state index in [2.05, 4.69) is 27.7 Å². The molecule has 0 amide bonds. The number of aliphatic hydroxyl groups is 1. The lowest BCUT2D eigenvalue weighted by Crippen LogP contribution is -2.41. The normalized spacial score (nSPS) is 38.8. The Morgan fingerprint density at radius 3 is 2.07 bits per heavy atom. The first-order chi connectivity index (χ1) is 6.37. The zero-order chi connectivity index (χ0) is 10.6. The maximum atomic E-state index is 8.99. The molecule has 80 valence electrons. The minimum absolute atomic E-state index is 0.114. The van der Waals surface area contributed by atoms with E-state index in [0.717, 1.165) is 6.42 Å². The first-order valence-electron chi connectivity index (χ1n) is 5.34. The fourth-order valence-corrected chi connectivity index (χ4v) is 1.88. The van der Waals surface area contributed by atoms with E-state index < -0.39 is 0 Å². The Kier molecular flexibility index (Phi) is 2.22. The molecule has 0 aromatic carbocycles. The first-order valence-corrected chi connectivity index (χ1v) is 5.34. The molecular weight excluding hydrogens is 179 g/mol. The highest BCUT2D eigenvalue weighted by Gasteiger charge is 2.59. The molecule has 1 aliphatic heterocycles. The quantitative estimate of drug-likeness (QED) is 0.682. The number of aliphatic hydroxyl groups excluding tert-OH is 1. The minimum atomic E-state index is -0.236. The van der Waals surface area contributed by atoms with Gasteiger partial charge in [-0.25, -0.2) is 0 Å². The van der Waals surface area contributed by atoms with E-state index in [1.807, 2.05) is 0 Å². The van der Waals surface area contributed by atoms with Crippen LogP contribution in [0.25, 0.3) is 0 Å². The highest BCUT2D eigenvalue weighted by Crippen LogP contribution is 2.52. The van der Waals surface area contributed by atoms with Crippen LogP contribution in [0.2, 0.25) is 5.82 Å². The van der Waals surface area contributed by atoms with E-state index in [1.54, 1.807) is 0 Å². The maximum absolute atomic E-state index is 8.99. The third kappa shape index (κ3) is 1.49. The Morgan fingerprint density at radius 1 is 1.21 bits per heavy atom. The summed E-state index contributed by atoms with van der Waals surface area (Å²) in [5.41, 5.74) is -0.472. The monoisotopic (exact) mass is 198 g/mol. The van der Waals surface area contributed by atoms with E-state index in [9.17, 15) is 0 Å². The highest BCUT2D eigenvalue weighted by molar-refractivity contribution is 6.48. The summed E-state index contributed by atoms with van der Waals surface area (Å²) in [4.78, 5) is 0. The lowest BCUT2D eigenvalue weighted by Gasteiger charge is -2.32. The molecular formula is C10H19BO3. The predicted octanol–water partition coefficient (Wildman–Crippen LogP) is 1.46. The number of hydrogen-bond donors (Lipinski definition) is 1. The standard InChI is InChI=1S/C10H19BO3/c1-9(2)10(3,4)14-11(13-9)8-5-7(8)6-12/h7-8,12H,5-6H2,1-4H3/t7-,8+/m1/s1. The van der Waals surface area contributed by atoms with Gasteiger partial charge in [-0.1, -0.05) is 0 Å². The van der Waals surface area contributed by atoms with Crippen LogP contribution in [0.1, 0.15) is 34.1 Å². The average molecular weight is 198 g/mol. The average Bonchev–Trinajstić information content (AvgIpc) is 2.75. The molecule has 4 heteroatoms. The minimum Gasteiger partial charge on any atom is -0.403 e. The van der Waals surface area contributed by atoms with Crippen molar-refractivity contribution in [1.82, 2.24) is 0 Å². The van der Waals surface area contributed by atoms with Crippen LogP contribution in [-0.2, 0) is 9.31 Å². The fraction of sp³-hybridized carbons (Fsp3) is 1.00. The molecule has 1 aliphatic carbocycles. The molecule has 2 atom stereocenters. The summed E-state index contributed by atoms with van der Waals surface area (Å²) in [7, 11) is -0.114. The lowest BCUT2D eigenvalue weighted by atomic mass is 9.81. The summed E-state index contributed by atoms with van der Waals surface area (Å²) in [5, 5.41) is 8.99. The van der Waals surface area contributed by atoms with Crippen molar-refractivity contribution < 1.29 is 14.4 Å². The van der Waals surface area contributed by atoms with Gasteiger partial charge in [0, 0.05) is 6.61 Å². The van der Waals surface area contributed by atoms with Gasteiger partial charge in [-0.2, -0.15) is 0 Å². The van der Waals surface area contributed by atoms with Gasteiger partial charge in [-0.15, -0.1) is 0 Å². The molecule has 0 unspecified atom stereocenters. The third-order valence-electron chi connectivity index (χ3n) is 3.83. The topological polar surface area (TPSA) is 38.7 Å². The van der Waals surface area contributed by atoms with E-state index in [-0.39, 0.29) is 24.9 Å². The van der Waals surface area contributed by atoms with Crippen LogP contribution >= 0.6 is 0 Å². The summed E-state index contributed by atoms with van der Waals surface area (Å²) in [5.74, 6) is 0.797. The predicted molar refractivity (Wildman–Crippen MR) is 55.0 cm³/mol. The summed E-state index contributed by atoms with van der Waals surface area (Å²) < 4.78 is 11.8. The molecule has 0 radical (unpaired) electrons. The lowest BCUT2D eigenvalue weighted by molar-refractivity contribution is 0.00578.